The third-order valence-corrected chi connectivity index (χ3v) is 2.22. The van der Waals surface area contributed by atoms with Gasteiger partial charge in [0.25, 0.3) is 5.92 Å². The Labute approximate surface area is 73.0 Å². The summed E-state index contributed by atoms with van der Waals surface area (Å²) < 4.78 is 24.9. The molecule has 0 aliphatic heterocycles. The first-order chi connectivity index (χ1) is 6.09. The number of nitrogens with one attached hydrogen (secondary N) is 1. The number of hydrogen-bond acceptors (Lipinski definition) is 3. The highest BCUT2D eigenvalue weighted by Crippen LogP contribution is 2.51. The van der Waals surface area contributed by atoms with E-state index in [0.29, 0.717) is 5.69 Å². The minimum atomic E-state index is -2.68. The summed E-state index contributed by atoms with van der Waals surface area (Å²) in [6.07, 6.45) is 0.326. The molecule has 0 amide bonds. The molecular weight excluding hydrogens is 180 g/mol. The molecule has 2 unspecified atom stereocenters. The van der Waals surface area contributed by atoms with Crippen LogP contribution in [0.4, 0.5) is 8.78 Å². The molecule has 1 aromatic heterocycles. The molecule has 1 fully saturated rings. The molecule has 0 aromatic carbocycles. The molecule has 1 aliphatic carbocycles. The standard InChI is InChI=1S/C7H9F2N3O/c8-7(9)2-5(7)6(13)1-4-3-10-12-11-4/h3,5-6,13H,1-2H2,(H,10,11,12). The van der Waals surface area contributed by atoms with Crippen LogP contribution in [0.15, 0.2) is 6.20 Å². The highest BCUT2D eigenvalue weighted by Gasteiger charge is 2.60. The highest BCUT2D eigenvalue weighted by atomic mass is 19.3. The number of alkyl halides is 2. The summed E-state index contributed by atoms with van der Waals surface area (Å²) in [7, 11) is 0. The second kappa shape index (κ2) is 2.73. The lowest BCUT2D eigenvalue weighted by molar-refractivity contribution is 0.0482. The van der Waals surface area contributed by atoms with Crippen LogP contribution in [0.1, 0.15) is 12.1 Å². The summed E-state index contributed by atoms with van der Waals surface area (Å²) in [6.45, 7) is 0. The fourth-order valence-corrected chi connectivity index (χ4v) is 1.33. The molecule has 2 rings (SSSR count). The lowest BCUT2D eigenvalue weighted by Crippen LogP contribution is -2.17. The first-order valence-corrected chi connectivity index (χ1v) is 4.00. The molecule has 72 valence electrons. The van der Waals surface area contributed by atoms with E-state index in [1.165, 1.54) is 6.20 Å². The zero-order chi connectivity index (χ0) is 9.47. The van der Waals surface area contributed by atoms with Crippen LogP contribution in [0.3, 0.4) is 0 Å². The molecule has 1 aromatic rings. The molecule has 1 saturated carbocycles. The molecule has 6 heteroatoms. The van der Waals surface area contributed by atoms with Gasteiger partial charge in [-0.1, -0.05) is 0 Å². The molecule has 0 radical (unpaired) electrons. The van der Waals surface area contributed by atoms with Gasteiger partial charge in [0.2, 0.25) is 0 Å². The predicted molar refractivity (Wildman–Crippen MR) is 39.1 cm³/mol. The second-order valence-electron chi connectivity index (χ2n) is 3.30. The Hall–Kier alpha value is -1.04. The normalized spacial score (nSPS) is 27.2. The van der Waals surface area contributed by atoms with Crippen molar-refractivity contribution < 1.29 is 13.9 Å². The number of hydrogen-bond donors (Lipinski definition) is 2. The molecule has 1 aliphatic rings. The fourth-order valence-electron chi connectivity index (χ4n) is 1.33. The van der Waals surface area contributed by atoms with Crippen LogP contribution in [-0.4, -0.2) is 32.5 Å². The van der Waals surface area contributed by atoms with E-state index < -0.39 is 17.9 Å². The van der Waals surface area contributed by atoms with E-state index in [-0.39, 0.29) is 12.8 Å². The largest absolute Gasteiger partial charge is 0.392 e. The number of rotatable bonds is 3. The Morgan fingerprint density at radius 1 is 1.77 bits per heavy atom. The monoisotopic (exact) mass is 189 g/mol. The number of halogens is 2. The van der Waals surface area contributed by atoms with E-state index in [9.17, 15) is 13.9 Å². The summed E-state index contributed by atoms with van der Waals surface area (Å²) in [5.41, 5.74) is 0.509. The second-order valence-corrected chi connectivity index (χ2v) is 3.30. The van der Waals surface area contributed by atoms with Gasteiger partial charge in [0, 0.05) is 12.8 Å². The first-order valence-electron chi connectivity index (χ1n) is 4.00. The van der Waals surface area contributed by atoms with Gasteiger partial charge in [-0.05, 0) is 0 Å². The predicted octanol–water partition coefficient (Wildman–Crippen LogP) is 0.363. The minimum absolute atomic E-state index is 0.136. The van der Waals surface area contributed by atoms with Crippen LogP contribution in [0.25, 0.3) is 0 Å². The van der Waals surface area contributed by atoms with Gasteiger partial charge in [-0.15, -0.1) is 0 Å². The number of aliphatic hydroxyl groups excluding tert-OH is 1. The molecule has 0 spiro atoms. The third-order valence-electron chi connectivity index (χ3n) is 2.22. The molecule has 2 atom stereocenters. The van der Waals surface area contributed by atoms with E-state index in [1.807, 2.05) is 0 Å². The number of aromatic amines is 1. The summed E-state index contributed by atoms with van der Waals surface area (Å²) in [4.78, 5) is 0. The van der Waals surface area contributed by atoms with Gasteiger partial charge in [0.05, 0.1) is 23.9 Å². The molecular formula is C7H9F2N3O. The van der Waals surface area contributed by atoms with Gasteiger partial charge < -0.3 is 5.11 Å². The van der Waals surface area contributed by atoms with Crippen molar-refractivity contribution in [2.45, 2.75) is 24.9 Å². The molecule has 0 saturated heterocycles. The molecule has 4 nitrogen and oxygen atoms in total. The lowest BCUT2D eigenvalue weighted by atomic mass is 10.1. The minimum Gasteiger partial charge on any atom is -0.392 e. The average Bonchev–Trinajstić information content (AvgIpc) is 2.49. The Morgan fingerprint density at radius 2 is 2.46 bits per heavy atom. The zero-order valence-corrected chi connectivity index (χ0v) is 6.74. The summed E-state index contributed by atoms with van der Waals surface area (Å²) in [5.74, 6) is -3.58. The van der Waals surface area contributed by atoms with Crippen molar-refractivity contribution in [3.05, 3.63) is 11.9 Å². The van der Waals surface area contributed by atoms with Gasteiger partial charge in [-0.2, -0.15) is 15.4 Å². The lowest BCUT2D eigenvalue weighted by Gasteiger charge is -2.06. The van der Waals surface area contributed by atoms with Crippen LogP contribution in [0.2, 0.25) is 0 Å². The van der Waals surface area contributed by atoms with Crippen molar-refractivity contribution >= 4 is 0 Å². The Balaban J connectivity index is 1.90. The smallest absolute Gasteiger partial charge is 0.254 e. The number of H-pyrrole nitrogens is 1. The van der Waals surface area contributed by atoms with Crippen LogP contribution < -0.4 is 0 Å². The van der Waals surface area contributed by atoms with Gasteiger partial charge in [-0.25, -0.2) is 8.78 Å². The van der Waals surface area contributed by atoms with Crippen molar-refractivity contribution in [2.75, 3.05) is 0 Å². The average molecular weight is 189 g/mol. The van der Waals surface area contributed by atoms with E-state index >= 15 is 0 Å². The molecule has 13 heavy (non-hydrogen) atoms. The van der Waals surface area contributed by atoms with E-state index in [2.05, 4.69) is 15.4 Å². The summed E-state index contributed by atoms with van der Waals surface area (Å²) in [5, 5.41) is 18.9. The first kappa shape index (κ1) is 8.55. The van der Waals surface area contributed by atoms with Crippen LogP contribution >= 0.6 is 0 Å². The van der Waals surface area contributed by atoms with Crippen LogP contribution in [0, 0.1) is 5.92 Å². The van der Waals surface area contributed by atoms with Crippen LogP contribution in [0.5, 0.6) is 0 Å². The van der Waals surface area contributed by atoms with Crippen molar-refractivity contribution in [3.8, 4) is 0 Å². The molecule has 2 N–H and O–H groups in total. The van der Waals surface area contributed by atoms with Crippen molar-refractivity contribution in [1.82, 2.24) is 15.4 Å². The quantitative estimate of drug-likeness (QED) is 0.721. The summed E-state index contributed by atoms with van der Waals surface area (Å²) in [6, 6.07) is 0. The van der Waals surface area contributed by atoms with E-state index in [1.54, 1.807) is 0 Å². The maximum Gasteiger partial charge on any atom is 0.254 e. The number of aliphatic hydroxyl groups is 1. The maximum absolute atomic E-state index is 12.5. The van der Waals surface area contributed by atoms with E-state index in [0.717, 1.165) is 0 Å². The van der Waals surface area contributed by atoms with E-state index in [4.69, 9.17) is 0 Å². The highest BCUT2D eigenvalue weighted by molar-refractivity contribution is 5.04. The Kier molecular flexibility index (Phi) is 1.80. The Morgan fingerprint density at radius 3 is 2.92 bits per heavy atom. The fraction of sp³-hybridized carbons (Fsp3) is 0.714. The Bertz CT molecular complexity index is 288. The van der Waals surface area contributed by atoms with Gasteiger partial charge >= 0.3 is 0 Å². The maximum atomic E-state index is 12.5. The number of aromatic nitrogens is 3. The van der Waals surface area contributed by atoms with Crippen molar-refractivity contribution in [1.29, 1.82) is 0 Å². The van der Waals surface area contributed by atoms with Crippen molar-refractivity contribution in [2.24, 2.45) is 5.92 Å². The van der Waals surface area contributed by atoms with Crippen LogP contribution in [-0.2, 0) is 6.42 Å². The zero-order valence-electron chi connectivity index (χ0n) is 6.74. The topological polar surface area (TPSA) is 61.8 Å². The van der Waals surface area contributed by atoms with Gasteiger partial charge in [0.1, 0.15) is 0 Å². The molecule has 1 heterocycles. The number of nitrogens with zero attached hydrogens (tertiary/aromatic N) is 2. The third kappa shape index (κ3) is 1.67. The van der Waals surface area contributed by atoms with Gasteiger partial charge in [-0.3, -0.25) is 0 Å². The summed E-state index contributed by atoms with van der Waals surface area (Å²) >= 11 is 0. The van der Waals surface area contributed by atoms with Crippen molar-refractivity contribution in [3.63, 3.8) is 0 Å². The van der Waals surface area contributed by atoms with Gasteiger partial charge in [0.15, 0.2) is 0 Å². The molecule has 0 bridgehead atoms. The SMILES string of the molecule is OC(Cc1cn[nH]n1)C1CC1(F)F.